The van der Waals surface area contributed by atoms with Gasteiger partial charge in [0.1, 0.15) is 0 Å². The lowest BCUT2D eigenvalue weighted by molar-refractivity contribution is 0.0992. The number of ether oxygens (including phenoxy) is 1. The number of carbonyl (C=O) groups excluding carboxylic acids is 1. The van der Waals surface area contributed by atoms with Crippen LogP contribution in [0.2, 0.25) is 0 Å². The topological polar surface area (TPSA) is 61.8 Å². The molecule has 1 saturated carbocycles. The minimum absolute atomic E-state index is 0.0334. The lowest BCUT2D eigenvalue weighted by Gasteiger charge is -2.25. The molecule has 2 N–H and O–H groups in total. The number of rotatable bonds is 6. The van der Waals surface area contributed by atoms with E-state index in [9.17, 15) is 9.90 Å². The van der Waals surface area contributed by atoms with E-state index in [4.69, 9.17) is 4.74 Å². The third-order valence-corrected chi connectivity index (χ3v) is 4.79. The first-order valence-electron chi connectivity index (χ1n) is 8.37. The van der Waals surface area contributed by atoms with E-state index in [0.29, 0.717) is 12.6 Å². The van der Waals surface area contributed by atoms with Crippen LogP contribution < -0.4 is 5.32 Å². The van der Waals surface area contributed by atoms with E-state index in [0.717, 1.165) is 51.6 Å². The molecule has 2 rings (SSSR count). The van der Waals surface area contributed by atoms with Gasteiger partial charge in [0.15, 0.2) is 0 Å². The number of hydrogen-bond acceptors (Lipinski definition) is 3. The van der Waals surface area contributed by atoms with E-state index in [1.807, 2.05) is 14.0 Å². The Bertz CT molecular complexity index is 331. The Hall–Kier alpha value is -0.810. The molecule has 1 saturated heterocycles. The molecule has 0 spiro atoms. The first-order chi connectivity index (χ1) is 10.1. The van der Waals surface area contributed by atoms with Gasteiger partial charge in [0.2, 0.25) is 0 Å². The summed E-state index contributed by atoms with van der Waals surface area (Å²) in [6, 6.07) is 0.131. The third kappa shape index (κ3) is 5.15. The Morgan fingerprint density at radius 1 is 1.38 bits per heavy atom. The van der Waals surface area contributed by atoms with Crippen molar-refractivity contribution in [3.63, 3.8) is 0 Å². The highest BCUT2D eigenvalue weighted by Crippen LogP contribution is 2.26. The smallest absolute Gasteiger partial charge is 0.317 e. The summed E-state index contributed by atoms with van der Waals surface area (Å²) in [6.07, 6.45) is 7.40. The van der Waals surface area contributed by atoms with E-state index < -0.39 is 0 Å². The normalized spacial score (nSPS) is 30.3. The molecular weight excluding hydrogens is 268 g/mol. The summed E-state index contributed by atoms with van der Waals surface area (Å²) in [5, 5.41) is 12.9. The number of hydrogen-bond donors (Lipinski definition) is 2. The molecule has 4 unspecified atom stereocenters. The average molecular weight is 298 g/mol. The van der Waals surface area contributed by atoms with Gasteiger partial charge >= 0.3 is 6.03 Å². The standard InChI is InChI=1S/C16H30N2O3/c1-12(8-9-14-6-4-10-21-14)17-16(20)18(2)11-13-5-3-7-15(13)19/h12-15,19H,3-11H2,1-2H3,(H,17,20). The maximum Gasteiger partial charge on any atom is 0.317 e. The van der Waals surface area contributed by atoms with Crippen molar-refractivity contribution in [1.82, 2.24) is 10.2 Å². The predicted molar refractivity (Wildman–Crippen MR) is 82.2 cm³/mol. The molecule has 2 aliphatic rings. The van der Waals surface area contributed by atoms with Crippen molar-refractivity contribution < 1.29 is 14.6 Å². The minimum Gasteiger partial charge on any atom is -0.393 e. The molecule has 0 bridgehead atoms. The molecular formula is C16H30N2O3. The van der Waals surface area contributed by atoms with Crippen molar-refractivity contribution in [2.45, 2.75) is 70.1 Å². The van der Waals surface area contributed by atoms with E-state index in [2.05, 4.69) is 5.32 Å². The van der Waals surface area contributed by atoms with Crippen LogP contribution in [0, 0.1) is 5.92 Å². The Kier molecular flexibility index (Phi) is 6.30. The summed E-state index contributed by atoms with van der Waals surface area (Å²) in [5.74, 6) is 0.239. The van der Waals surface area contributed by atoms with Gasteiger partial charge in [0.05, 0.1) is 12.2 Å². The van der Waals surface area contributed by atoms with Crippen molar-refractivity contribution in [3.05, 3.63) is 0 Å². The molecule has 0 aromatic heterocycles. The molecule has 122 valence electrons. The predicted octanol–water partition coefficient (Wildman–Crippen LogP) is 2.14. The maximum absolute atomic E-state index is 12.1. The van der Waals surface area contributed by atoms with Gasteiger partial charge in [-0.2, -0.15) is 0 Å². The van der Waals surface area contributed by atoms with Crippen molar-refractivity contribution in [2.75, 3.05) is 20.2 Å². The van der Waals surface area contributed by atoms with Crippen molar-refractivity contribution in [2.24, 2.45) is 5.92 Å². The second-order valence-corrected chi connectivity index (χ2v) is 6.70. The van der Waals surface area contributed by atoms with Crippen LogP contribution in [0.3, 0.4) is 0 Å². The fourth-order valence-electron chi connectivity index (χ4n) is 3.37. The van der Waals surface area contributed by atoms with Gasteiger partial charge in [-0.25, -0.2) is 4.79 Å². The quantitative estimate of drug-likeness (QED) is 0.790. The van der Waals surface area contributed by atoms with E-state index in [1.165, 1.54) is 0 Å². The number of nitrogens with one attached hydrogen (secondary N) is 1. The summed E-state index contributed by atoms with van der Waals surface area (Å²) in [7, 11) is 1.81. The highest BCUT2D eigenvalue weighted by molar-refractivity contribution is 5.74. The number of aliphatic hydroxyl groups is 1. The molecule has 1 aliphatic carbocycles. The number of aliphatic hydroxyl groups excluding tert-OH is 1. The lowest BCUT2D eigenvalue weighted by atomic mass is 10.1. The van der Waals surface area contributed by atoms with Crippen molar-refractivity contribution in [1.29, 1.82) is 0 Å². The number of nitrogens with zero attached hydrogens (tertiary/aromatic N) is 1. The number of carbonyl (C=O) groups is 1. The molecule has 1 aliphatic heterocycles. The minimum atomic E-state index is -0.239. The van der Waals surface area contributed by atoms with Crippen LogP contribution in [0.1, 0.15) is 51.9 Å². The maximum atomic E-state index is 12.1. The second-order valence-electron chi connectivity index (χ2n) is 6.70. The van der Waals surface area contributed by atoms with Crippen LogP contribution in [-0.2, 0) is 4.74 Å². The Morgan fingerprint density at radius 3 is 2.81 bits per heavy atom. The van der Waals surface area contributed by atoms with Crippen molar-refractivity contribution >= 4 is 6.03 Å². The first-order valence-corrected chi connectivity index (χ1v) is 8.37. The summed E-state index contributed by atoms with van der Waals surface area (Å²) in [4.78, 5) is 13.9. The van der Waals surface area contributed by atoms with E-state index in [1.54, 1.807) is 4.90 Å². The van der Waals surface area contributed by atoms with Crippen LogP contribution in [0.15, 0.2) is 0 Å². The van der Waals surface area contributed by atoms with E-state index in [-0.39, 0.29) is 24.1 Å². The second kappa shape index (κ2) is 7.99. The van der Waals surface area contributed by atoms with Gasteiger partial charge in [-0.3, -0.25) is 0 Å². The highest BCUT2D eigenvalue weighted by atomic mass is 16.5. The lowest BCUT2D eigenvalue weighted by Crippen LogP contribution is -2.44. The Labute approximate surface area is 128 Å². The Morgan fingerprint density at radius 2 is 2.19 bits per heavy atom. The van der Waals surface area contributed by atoms with Crippen LogP contribution in [0.5, 0.6) is 0 Å². The highest BCUT2D eigenvalue weighted by Gasteiger charge is 2.27. The van der Waals surface area contributed by atoms with Gasteiger partial charge in [-0.1, -0.05) is 6.42 Å². The third-order valence-electron chi connectivity index (χ3n) is 4.79. The molecule has 4 atom stereocenters. The molecule has 1 heterocycles. The van der Waals surface area contributed by atoms with Crippen LogP contribution in [-0.4, -0.2) is 54.5 Å². The summed E-state index contributed by atoms with van der Waals surface area (Å²) in [6.45, 7) is 3.58. The fourth-order valence-corrected chi connectivity index (χ4v) is 3.37. The number of urea groups is 1. The van der Waals surface area contributed by atoms with Crippen LogP contribution >= 0.6 is 0 Å². The molecule has 2 amide bonds. The fraction of sp³-hybridized carbons (Fsp3) is 0.938. The summed E-state index contributed by atoms with van der Waals surface area (Å²) >= 11 is 0. The zero-order valence-electron chi connectivity index (χ0n) is 13.4. The van der Waals surface area contributed by atoms with E-state index >= 15 is 0 Å². The largest absolute Gasteiger partial charge is 0.393 e. The monoisotopic (exact) mass is 298 g/mol. The average Bonchev–Trinajstić information content (AvgIpc) is 3.09. The van der Waals surface area contributed by atoms with Crippen LogP contribution in [0.4, 0.5) is 4.79 Å². The molecule has 21 heavy (non-hydrogen) atoms. The number of amides is 2. The molecule has 0 aromatic carbocycles. The Balaban J connectivity index is 1.64. The van der Waals surface area contributed by atoms with Gasteiger partial charge in [-0.15, -0.1) is 0 Å². The zero-order chi connectivity index (χ0) is 15.2. The summed E-state index contributed by atoms with van der Waals surface area (Å²) in [5.41, 5.74) is 0. The van der Waals surface area contributed by atoms with Gasteiger partial charge in [-0.05, 0) is 45.4 Å². The van der Waals surface area contributed by atoms with Gasteiger partial charge < -0.3 is 20.1 Å². The van der Waals surface area contributed by atoms with Crippen molar-refractivity contribution in [3.8, 4) is 0 Å². The molecule has 5 nitrogen and oxygen atoms in total. The molecule has 0 radical (unpaired) electrons. The molecule has 2 fully saturated rings. The van der Waals surface area contributed by atoms with Crippen LogP contribution in [0.25, 0.3) is 0 Å². The SMILES string of the molecule is CC(CCC1CCCO1)NC(=O)N(C)CC1CCCC1O. The van der Waals surface area contributed by atoms with Gasteiger partial charge in [0.25, 0.3) is 0 Å². The molecule has 0 aromatic rings. The van der Waals surface area contributed by atoms with Gasteiger partial charge in [0, 0.05) is 32.2 Å². The first kappa shape index (κ1) is 16.6. The molecule has 5 heteroatoms. The zero-order valence-corrected chi connectivity index (χ0v) is 13.4. The summed E-state index contributed by atoms with van der Waals surface area (Å²) < 4.78 is 5.61.